The van der Waals surface area contributed by atoms with Crippen LogP contribution in [0.15, 0.2) is 82.7 Å². The summed E-state index contributed by atoms with van der Waals surface area (Å²) >= 11 is 1.22. The van der Waals surface area contributed by atoms with Crippen molar-refractivity contribution in [2.75, 3.05) is 25.3 Å². The largest absolute Gasteiger partial charge is 0.497 e. The fraction of sp³-hybridized carbons (Fsp3) is 0.160. The maximum absolute atomic E-state index is 13.2. The number of carbonyl (C=O) groups excluding carboxylic acids is 1. The first kappa shape index (κ1) is 22.4. The van der Waals surface area contributed by atoms with E-state index in [1.54, 1.807) is 49.1 Å². The molecule has 0 spiro atoms. The Morgan fingerprint density at radius 3 is 2.33 bits per heavy atom. The second-order valence-corrected chi connectivity index (χ2v) is 8.17. The van der Waals surface area contributed by atoms with Gasteiger partial charge in [-0.3, -0.25) is 14.2 Å². The molecule has 8 heteroatoms. The number of hydrogen-bond donors (Lipinski definition) is 1. The van der Waals surface area contributed by atoms with Gasteiger partial charge in [0.2, 0.25) is 5.91 Å². The number of ether oxygens (including phenoxy) is 2. The number of nitrogens with one attached hydrogen (secondary N) is 1. The number of methoxy groups -OCH3 is 2. The number of carbonyl (C=O) groups is 1. The number of aromatic nitrogens is 2. The molecular formula is C25H23N3O4S. The topological polar surface area (TPSA) is 82.5 Å². The predicted octanol–water partition coefficient (Wildman–Crippen LogP) is 4.19. The maximum atomic E-state index is 13.2. The smallest absolute Gasteiger partial charge is 0.262 e. The van der Waals surface area contributed by atoms with Gasteiger partial charge in [0.1, 0.15) is 11.5 Å². The normalized spacial score (nSPS) is 10.7. The minimum absolute atomic E-state index is 0.0824. The highest BCUT2D eigenvalue weighted by Crippen LogP contribution is 2.26. The number of thioether (sulfide) groups is 1. The fourth-order valence-electron chi connectivity index (χ4n) is 3.37. The maximum Gasteiger partial charge on any atom is 0.262 e. The highest BCUT2D eigenvalue weighted by molar-refractivity contribution is 7.99. The number of nitrogens with zero attached hydrogens (tertiary/aromatic N) is 2. The summed E-state index contributed by atoms with van der Waals surface area (Å²) in [6.07, 6.45) is 0. The Hall–Kier alpha value is -3.78. The Labute approximate surface area is 195 Å². The van der Waals surface area contributed by atoms with Crippen LogP contribution in [-0.4, -0.2) is 35.4 Å². The van der Waals surface area contributed by atoms with E-state index in [1.165, 1.54) is 11.8 Å². The number of benzene rings is 3. The second kappa shape index (κ2) is 10.2. The molecule has 0 atom stereocenters. The summed E-state index contributed by atoms with van der Waals surface area (Å²) in [5, 5.41) is 3.88. The molecule has 4 aromatic rings. The van der Waals surface area contributed by atoms with E-state index in [9.17, 15) is 9.59 Å². The van der Waals surface area contributed by atoms with Gasteiger partial charge in [-0.1, -0.05) is 54.2 Å². The third-order valence-corrected chi connectivity index (χ3v) is 5.95. The molecule has 1 aromatic heterocycles. The van der Waals surface area contributed by atoms with Crippen molar-refractivity contribution in [1.82, 2.24) is 9.55 Å². The quantitative estimate of drug-likeness (QED) is 0.313. The van der Waals surface area contributed by atoms with Gasteiger partial charge in [0.25, 0.3) is 5.56 Å². The minimum atomic E-state index is -0.232. The fourth-order valence-corrected chi connectivity index (χ4v) is 4.17. The van der Waals surface area contributed by atoms with Crippen molar-refractivity contribution >= 4 is 34.3 Å². The lowest BCUT2D eigenvalue weighted by atomic mass is 10.2. The molecule has 0 aliphatic rings. The number of fused-ring (bicyclic) bond motifs is 1. The Balaban J connectivity index is 1.58. The van der Waals surface area contributed by atoms with Gasteiger partial charge >= 0.3 is 0 Å². The minimum Gasteiger partial charge on any atom is -0.497 e. The number of amides is 1. The van der Waals surface area contributed by atoms with E-state index < -0.39 is 0 Å². The van der Waals surface area contributed by atoms with Crippen LogP contribution in [0.2, 0.25) is 0 Å². The Kier molecular flexibility index (Phi) is 6.95. The number of rotatable bonds is 8. The molecule has 1 N–H and O–H groups in total. The van der Waals surface area contributed by atoms with Crippen molar-refractivity contribution in [2.45, 2.75) is 11.7 Å². The van der Waals surface area contributed by atoms with Gasteiger partial charge < -0.3 is 14.8 Å². The average Bonchev–Trinajstić information content (AvgIpc) is 2.85. The lowest BCUT2D eigenvalue weighted by molar-refractivity contribution is -0.113. The van der Waals surface area contributed by atoms with E-state index in [0.29, 0.717) is 39.8 Å². The molecule has 1 amide bonds. The molecule has 0 aliphatic heterocycles. The molecule has 0 saturated heterocycles. The van der Waals surface area contributed by atoms with Gasteiger partial charge in [-0.05, 0) is 17.7 Å². The molecule has 0 saturated carbocycles. The van der Waals surface area contributed by atoms with E-state index in [2.05, 4.69) is 10.3 Å². The summed E-state index contributed by atoms with van der Waals surface area (Å²) in [6.45, 7) is 0.370. The van der Waals surface area contributed by atoms with Crippen LogP contribution < -0.4 is 20.3 Å². The van der Waals surface area contributed by atoms with Gasteiger partial charge in [0.05, 0.1) is 37.4 Å². The Bertz CT molecular complexity index is 1320. The van der Waals surface area contributed by atoms with Gasteiger partial charge in [0, 0.05) is 23.9 Å². The van der Waals surface area contributed by atoms with Crippen LogP contribution in [0.5, 0.6) is 11.5 Å². The highest BCUT2D eigenvalue weighted by atomic mass is 32.2. The Morgan fingerprint density at radius 1 is 0.970 bits per heavy atom. The van der Waals surface area contributed by atoms with Gasteiger partial charge in [-0.25, -0.2) is 4.98 Å². The zero-order chi connectivity index (χ0) is 23.2. The van der Waals surface area contributed by atoms with Crippen LogP contribution in [0.25, 0.3) is 10.9 Å². The van der Waals surface area contributed by atoms with Crippen LogP contribution in [0, 0.1) is 0 Å². The average molecular weight is 462 g/mol. The summed E-state index contributed by atoms with van der Waals surface area (Å²) in [6, 6.07) is 22.1. The van der Waals surface area contributed by atoms with Crippen LogP contribution in [0.4, 0.5) is 5.69 Å². The molecule has 0 fully saturated rings. The van der Waals surface area contributed by atoms with E-state index in [0.717, 1.165) is 5.56 Å². The molecule has 168 valence electrons. The van der Waals surface area contributed by atoms with E-state index in [1.807, 2.05) is 42.5 Å². The summed E-state index contributed by atoms with van der Waals surface area (Å²) in [5.41, 5.74) is 2.01. The van der Waals surface area contributed by atoms with Crippen molar-refractivity contribution in [3.8, 4) is 11.5 Å². The number of anilines is 1. The van der Waals surface area contributed by atoms with Gasteiger partial charge in [-0.15, -0.1) is 0 Å². The first-order chi connectivity index (χ1) is 16.1. The molecule has 0 radical (unpaired) electrons. The van der Waals surface area contributed by atoms with E-state index >= 15 is 0 Å². The first-order valence-electron chi connectivity index (χ1n) is 10.3. The van der Waals surface area contributed by atoms with Crippen LogP contribution >= 0.6 is 11.8 Å². The van der Waals surface area contributed by atoms with Crippen molar-refractivity contribution in [2.24, 2.45) is 0 Å². The monoisotopic (exact) mass is 461 g/mol. The number of para-hydroxylation sites is 1. The molecule has 0 unspecified atom stereocenters. The third-order valence-electron chi connectivity index (χ3n) is 4.98. The molecule has 0 bridgehead atoms. The zero-order valence-electron chi connectivity index (χ0n) is 18.3. The molecular weight excluding hydrogens is 438 g/mol. The highest BCUT2D eigenvalue weighted by Gasteiger charge is 2.14. The second-order valence-electron chi connectivity index (χ2n) is 7.23. The van der Waals surface area contributed by atoms with E-state index in [4.69, 9.17) is 9.47 Å². The van der Waals surface area contributed by atoms with Gasteiger partial charge in [0.15, 0.2) is 5.16 Å². The molecule has 7 nitrogen and oxygen atoms in total. The lowest BCUT2D eigenvalue weighted by Crippen LogP contribution is -2.24. The molecule has 4 rings (SSSR count). The lowest BCUT2D eigenvalue weighted by Gasteiger charge is -2.14. The molecule has 3 aromatic carbocycles. The number of hydrogen-bond acceptors (Lipinski definition) is 6. The van der Waals surface area contributed by atoms with Crippen LogP contribution in [0.1, 0.15) is 5.56 Å². The third kappa shape index (κ3) is 5.35. The molecule has 0 aliphatic carbocycles. The molecule has 1 heterocycles. The van der Waals surface area contributed by atoms with Crippen molar-refractivity contribution in [3.63, 3.8) is 0 Å². The zero-order valence-corrected chi connectivity index (χ0v) is 19.1. The standard InChI is InChI=1S/C25H23N3O4S/c1-31-19-12-18(13-20(14-19)32-2)26-23(29)16-33-25-27-22-11-7-6-10-21(22)24(30)28(25)15-17-8-4-3-5-9-17/h3-14H,15-16H2,1-2H3,(H,26,29). The molecule has 33 heavy (non-hydrogen) atoms. The Morgan fingerprint density at radius 2 is 1.64 bits per heavy atom. The van der Waals surface area contributed by atoms with Crippen molar-refractivity contribution in [3.05, 3.63) is 88.7 Å². The van der Waals surface area contributed by atoms with Crippen LogP contribution in [0.3, 0.4) is 0 Å². The van der Waals surface area contributed by atoms with Crippen molar-refractivity contribution < 1.29 is 14.3 Å². The summed E-state index contributed by atoms with van der Waals surface area (Å²) in [7, 11) is 3.10. The summed E-state index contributed by atoms with van der Waals surface area (Å²) < 4.78 is 12.1. The van der Waals surface area contributed by atoms with Crippen LogP contribution in [-0.2, 0) is 11.3 Å². The SMILES string of the molecule is COc1cc(NC(=O)CSc2nc3ccccc3c(=O)n2Cc2ccccc2)cc(OC)c1. The summed E-state index contributed by atoms with van der Waals surface area (Å²) in [5.74, 6) is 0.999. The van der Waals surface area contributed by atoms with E-state index in [-0.39, 0.29) is 17.2 Å². The predicted molar refractivity (Wildman–Crippen MR) is 130 cm³/mol. The first-order valence-corrected chi connectivity index (χ1v) is 11.2. The van der Waals surface area contributed by atoms with Gasteiger partial charge in [-0.2, -0.15) is 0 Å². The van der Waals surface area contributed by atoms with Crippen molar-refractivity contribution in [1.29, 1.82) is 0 Å². The summed E-state index contributed by atoms with van der Waals surface area (Å²) in [4.78, 5) is 30.6.